The van der Waals surface area contributed by atoms with E-state index < -0.39 is 28.5 Å². The number of nitrogens with one attached hydrogen (secondary N) is 1. The average Bonchev–Trinajstić information content (AvgIpc) is 3.00. The smallest absolute Gasteiger partial charge is 0.264 e. The molecule has 0 fully saturated rings. The molecule has 0 aromatic heterocycles. The number of amides is 2. The van der Waals surface area contributed by atoms with Gasteiger partial charge in [0.25, 0.3) is 10.0 Å². The number of aryl methyl sites for hydroxylation is 3. The van der Waals surface area contributed by atoms with Gasteiger partial charge >= 0.3 is 0 Å². The van der Waals surface area contributed by atoms with E-state index in [2.05, 4.69) is 5.32 Å². The highest BCUT2D eigenvalue weighted by atomic mass is 35.5. The van der Waals surface area contributed by atoms with Crippen molar-refractivity contribution < 1.29 is 18.0 Å². The van der Waals surface area contributed by atoms with Gasteiger partial charge < -0.3 is 10.2 Å². The molecule has 0 unspecified atom stereocenters. The van der Waals surface area contributed by atoms with Gasteiger partial charge in [0.05, 0.1) is 10.6 Å². The molecular formula is C34H36ClN3O4S. The molecule has 4 aromatic carbocycles. The number of likely N-dealkylation sites (N-methyl/N-ethyl adjacent to an activating group) is 1. The lowest BCUT2D eigenvalue weighted by molar-refractivity contribution is -0.139. The average molecular weight is 618 g/mol. The molecule has 0 aliphatic heterocycles. The number of carbonyl (C=O) groups excluding carboxylic acids is 2. The predicted molar refractivity (Wildman–Crippen MR) is 172 cm³/mol. The van der Waals surface area contributed by atoms with Crippen LogP contribution in [0.15, 0.2) is 102 Å². The normalized spacial score (nSPS) is 11.9. The fraction of sp³-hybridized carbons (Fsp3) is 0.235. The Morgan fingerprint density at radius 1 is 0.814 bits per heavy atom. The van der Waals surface area contributed by atoms with Crippen LogP contribution in [0, 0.1) is 20.8 Å². The summed E-state index contributed by atoms with van der Waals surface area (Å²) in [4.78, 5) is 29.2. The van der Waals surface area contributed by atoms with Gasteiger partial charge in [-0.2, -0.15) is 0 Å². The number of rotatable bonds is 11. The molecule has 7 nitrogen and oxygen atoms in total. The summed E-state index contributed by atoms with van der Waals surface area (Å²) in [5, 5.41) is 3.07. The molecule has 0 heterocycles. The van der Waals surface area contributed by atoms with Crippen LogP contribution in [-0.4, -0.2) is 44.8 Å². The Labute approximate surface area is 259 Å². The second-order valence-corrected chi connectivity index (χ2v) is 12.9. The van der Waals surface area contributed by atoms with Crippen molar-refractivity contribution in [2.24, 2.45) is 0 Å². The van der Waals surface area contributed by atoms with Crippen molar-refractivity contribution in [1.29, 1.82) is 0 Å². The molecule has 9 heteroatoms. The monoisotopic (exact) mass is 617 g/mol. The Morgan fingerprint density at radius 3 is 2.00 bits per heavy atom. The Hall–Kier alpha value is -4.14. The fourth-order valence-corrected chi connectivity index (χ4v) is 6.29. The number of anilines is 1. The van der Waals surface area contributed by atoms with Crippen molar-refractivity contribution in [3.05, 3.63) is 130 Å². The van der Waals surface area contributed by atoms with Crippen LogP contribution in [0.2, 0.25) is 5.02 Å². The van der Waals surface area contributed by atoms with Crippen LogP contribution >= 0.6 is 11.6 Å². The summed E-state index contributed by atoms with van der Waals surface area (Å²) in [5.74, 6) is -0.881. The highest BCUT2D eigenvalue weighted by Gasteiger charge is 2.34. The van der Waals surface area contributed by atoms with Crippen molar-refractivity contribution in [3.63, 3.8) is 0 Å². The van der Waals surface area contributed by atoms with E-state index in [1.54, 1.807) is 30.3 Å². The fourth-order valence-electron chi connectivity index (χ4n) is 4.71. The Kier molecular flexibility index (Phi) is 10.3. The van der Waals surface area contributed by atoms with Gasteiger partial charge in [0.15, 0.2) is 0 Å². The lowest BCUT2D eigenvalue weighted by Gasteiger charge is -2.33. The van der Waals surface area contributed by atoms with Gasteiger partial charge in [-0.1, -0.05) is 95.5 Å². The molecule has 1 N–H and O–H groups in total. The maximum atomic E-state index is 14.3. The maximum Gasteiger partial charge on any atom is 0.264 e. The number of sulfonamides is 1. The van der Waals surface area contributed by atoms with Crippen LogP contribution < -0.4 is 9.62 Å². The van der Waals surface area contributed by atoms with Gasteiger partial charge in [-0.15, -0.1) is 0 Å². The second-order valence-electron chi connectivity index (χ2n) is 10.6. The molecule has 0 saturated carbocycles. The third-order valence-electron chi connectivity index (χ3n) is 7.32. The van der Waals surface area contributed by atoms with Crippen molar-refractivity contribution in [2.75, 3.05) is 17.9 Å². The van der Waals surface area contributed by atoms with Gasteiger partial charge in [-0.3, -0.25) is 13.9 Å². The third kappa shape index (κ3) is 7.83. The third-order valence-corrected chi connectivity index (χ3v) is 9.52. The quantitative estimate of drug-likeness (QED) is 0.229. The zero-order chi connectivity index (χ0) is 31.1. The maximum absolute atomic E-state index is 14.3. The molecular weight excluding hydrogens is 582 g/mol. The first-order valence-electron chi connectivity index (χ1n) is 14.0. The Balaban J connectivity index is 1.80. The van der Waals surface area contributed by atoms with E-state index in [9.17, 15) is 18.0 Å². The molecule has 0 aliphatic rings. The van der Waals surface area contributed by atoms with Crippen molar-refractivity contribution >= 4 is 39.1 Å². The molecule has 43 heavy (non-hydrogen) atoms. The summed E-state index contributed by atoms with van der Waals surface area (Å²) in [5.41, 5.74) is 4.66. The standard InChI is InChI=1S/C34H36ClN3O4S/c1-24-10-15-28(16-11-24)22-37(32(34(40)36-4)20-27-8-6-5-7-9-27)33(39)23-38(29-17-14-26(3)31(35)21-29)43(41,42)30-18-12-25(2)13-19-30/h5-19,21,32H,20,22-23H2,1-4H3,(H,36,40)/t32-/m0/s1. The van der Waals surface area contributed by atoms with E-state index >= 15 is 0 Å². The summed E-state index contributed by atoms with van der Waals surface area (Å²) in [6, 6.07) is 27.5. The van der Waals surface area contributed by atoms with Crippen molar-refractivity contribution in [2.45, 2.75) is 44.7 Å². The van der Waals surface area contributed by atoms with Gasteiger partial charge in [0.1, 0.15) is 12.6 Å². The molecule has 4 aromatic rings. The van der Waals surface area contributed by atoms with E-state index in [4.69, 9.17) is 11.6 Å². The van der Waals surface area contributed by atoms with E-state index in [0.717, 1.165) is 32.1 Å². The topological polar surface area (TPSA) is 86.8 Å². The minimum Gasteiger partial charge on any atom is -0.357 e. The predicted octanol–water partition coefficient (Wildman–Crippen LogP) is 5.85. The van der Waals surface area contributed by atoms with E-state index in [-0.39, 0.29) is 29.5 Å². The van der Waals surface area contributed by atoms with Crippen LogP contribution in [0.25, 0.3) is 0 Å². The van der Waals surface area contributed by atoms with Crippen molar-refractivity contribution in [1.82, 2.24) is 10.2 Å². The molecule has 0 bridgehead atoms. The number of nitrogens with zero attached hydrogens (tertiary/aromatic N) is 2. The highest BCUT2D eigenvalue weighted by Crippen LogP contribution is 2.29. The minimum atomic E-state index is -4.19. The van der Waals surface area contributed by atoms with Crippen LogP contribution in [0.3, 0.4) is 0 Å². The largest absolute Gasteiger partial charge is 0.357 e. The number of hydrogen-bond acceptors (Lipinski definition) is 4. The van der Waals surface area contributed by atoms with E-state index in [1.807, 2.05) is 75.4 Å². The van der Waals surface area contributed by atoms with Gasteiger partial charge in [-0.05, 0) is 61.7 Å². The first-order valence-corrected chi connectivity index (χ1v) is 15.8. The van der Waals surface area contributed by atoms with E-state index in [1.165, 1.54) is 24.1 Å². The summed E-state index contributed by atoms with van der Waals surface area (Å²) < 4.78 is 29.2. The van der Waals surface area contributed by atoms with Crippen LogP contribution in [-0.2, 0) is 32.6 Å². The number of halogens is 1. The van der Waals surface area contributed by atoms with E-state index in [0.29, 0.717) is 5.02 Å². The summed E-state index contributed by atoms with van der Waals surface area (Å²) >= 11 is 6.43. The molecule has 4 rings (SSSR count). The summed E-state index contributed by atoms with van der Waals surface area (Å²) in [6.07, 6.45) is 0.249. The van der Waals surface area contributed by atoms with Gasteiger partial charge in [0, 0.05) is 25.0 Å². The zero-order valence-corrected chi connectivity index (χ0v) is 26.3. The van der Waals surface area contributed by atoms with Crippen LogP contribution in [0.4, 0.5) is 5.69 Å². The zero-order valence-electron chi connectivity index (χ0n) is 24.7. The Morgan fingerprint density at radius 2 is 1.42 bits per heavy atom. The summed E-state index contributed by atoms with van der Waals surface area (Å²) in [6.45, 7) is 5.22. The molecule has 1 atom stereocenters. The molecule has 224 valence electrons. The first kappa shape index (κ1) is 31.8. The number of benzene rings is 4. The van der Waals surface area contributed by atoms with Gasteiger partial charge in [0.2, 0.25) is 11.8 Å². The minimum absolute atomic E-state index is 0.0415. The molecule has 0 spiro atoms. The molecule has 0 saturated heterocycles. The molecule has 0 radical (unpaired) electrons. The highest BCUT2D eigenvalue weighted by molar-refractivity contribution is 7.92. The van der Waals surface area contributed by atoms with Crippen LogP contribution in [0.5, 0.6) is 0 Å². The number of hydrogen-bond donors (Lipinski definition) is 1. The SMILES string of the molecule is CNC(=O)[C@H](Cc1ccccc1)N(Cc1ccc(C)cc1)C(=O)CN(c1ccc(C)c(Cl)c1)S(=O)(=O)c1ccc(C)cc1. The Bertz CT molecular complexity index is 1680. The van der Waals surface area contributed by atoms with Gasteiger partial charge in [-0.25, -0.2) is 8.42 Å². The lowest BCUT2D eigenvalue weighted by atomic mass is 10.0. The van der Waals surface area contributed by atoms with Crippen LogP contribution in [0.1, 0.15) is 27.8 Å². The lowest BCUT2D eigenvalue weighted by Crippen LogP contribution is -2.53. The first-order chi connectivity index (χ1) is 20.5. The van der Waals surface area contributed by atoms with Crippen molar-refractivity contribution in [3.8, 4) is 0 Å². The number of carbonyl (C=O) groups is 2. The molecule has 0 aliphatic carbocycles. The second kappa shape index (κ2) is 13.9. The molecule has 2 amide bonds. The summed E-state index contributed by atoms with van der Waals surface area (Å²) in [7, 11) is -2.67.